The molecular weight excluding hydrogens is 298 g/mol. The zero-order chi connectivity index (χ0) is 16.5. The number of aryl methyl sites for hydroxylation is 1. The zero-order valence-electron chi connectivity index (χ0n) is 14.1. The second-order valence-corrected chi connectivity index (χ2v) is 6.52. The van der Waals surface area contributed by atoms with Crippen LogP contribution in [0.2, 0.25) is 0 Å². The summed E-state index contributed by atoms with van der Waals surface area (Å²) in [5.74, 6) is 0.0791. The molecule has 0 aliphatic carbocycles. The summed E-state index contributed by atoms with van der Waals surface area (Å²) in [4.78, 5) is 14.5. The van der Waals surface area contributed by atoms with Crippen molar-refractivity contribution in [2.75, 3.05) is 25.0 Å². The first-order chi connectivity index (χ1) is 11.8. The van der Waals surface area contributed by atoms with Gasteiger partial charge in [0.25, 0.3) is 0 Å². The van der Waals surface area contributed by atoms with Gasteiger partial charge in [-0.25, -0.2) is 0 Å². The number of rotatable bonds is 4. The Kier molecular flexibility index (Phi) is 3.98. The van der Waals surface area contributed by atoms with Crippen LogP contribution in [0.1, 0.15) is 19.8 Å². The summed E-state index contributed by atoms with van der Waals surface area (Å²) in [6.45, 7) is 5.67. The average molecular weight is 321 g/mol. The molecular formula is C20H23N3O. The Morgan fingerprint density at radius 1 is 1.04 bits per heavy atom. The minimum absolute atomic E-state index is 0.0791. The lowest BCUT2D eigenvalue weighted by Gasteiger charge is -2.14. The lowest BCUT2D eigenvalue weighted by Crippen LogP contribution is -2.30. The molecule has 1 fully saturated rings. The smallest absolute Gasteiger partial charge is 0.238 e. The Morgan fingerprint density at radius 3 is 2.58 bits per heavy atom. The Hall–Kier alpha value is -2.33. The van der Waals surface area contributed by atoms with Gasteiger partial charge >= 0.3 is 0 Å². The Bertz CT molecular complexity index is 890. The molecule has 4 heteroatoms. The van der Waals surface area contributed by atoms with Gasteiger partial charge in [0.15, 0.2) is 0 Å². The van der Waals surface area contributed by atoms with Gasteiger partial charge in [-0.1, -0.05) is 18.2 Å². The molecule has 2 heterocycles. The molecule has 1 aliphatic heterocycles. The second kappa shape index (κ2) is 6.29. The predicted octanol–water partition coefficient (Wildman–Crippen LogP) is 3.85. The van der Waals surface area contributed by atoms with Gasteiger partial charge < -0.3 is 9.88 Å². The molecule has 4 nitrogen and oxygen atoms in total. The van der Waals surface area contributed by atoms with Crippen LogP contribution in [0.4, 0.5) is 5.69 Å². The lowest BCUT2D eigenvalue weighted by molar-refractivity contribution is -0.117. The monoisotopic (exact) mass is 321 g/mol. The van der Waals surface area contributed by atoms with Crippen molar-refractivity contribution in [2.45, 2.75) is 26.3 Å². The summed E-state index contributed by atoms with van der Waals surface area (Å²) in [6.07, 6.45) is 2.41. The van der Waals surface area contributed by atoms with E-state index in [0.29, 0.717) is 6.54 Å². The summed E-state index contributed by atoms with van der Waals surface area (Å²) < 4.78 is 2.32. The summed E-state index contributed by atoms with van der Waals surface area (Å²) >= 11 is 0. The van der Waals surface area contributed by atoms with Crippen molar-refractivity contribution in [3.8, 4) is 0 Å². The summed E-state index contributed by atoms with van der Waals surface area (Å²) in [5, 5.41) is 5.50. The van der Waals surface area contributed by atoms with Crippen molar-refractivity contribution in [3.05, 3.63) is 42.5 Å². The standard InChI is InChI=1S/C20H23N3O/c1-2-23-18-8-4-3-7-16(18)17-13-15(9-10-19(17)23)21-20(24)14-22-11-5-6-12-22/h3-4,7-10,13H,2,5-6,11-12,14H2,1H3,(H,21,24). The highest BCUT2D eigenvalue weighted by molar-refractivity contribution is 6.09. The number of benzene rings is 2. The topological polar surface area (TPSA) is 37.3 Å². The van der Waals surface area contributed by atoms with Crippen molar-refractivity contribution in [1.82, 2.24) is 9.47 Å². The van der Waals surface area contributed by atoms with Crippen LogP contribution in [-0.2, 0) is 11.3 Å². The van der Waals surface area contributed by atoms with Crippen LogP contribution in [0.15, 0.2) is 42.5 Å². The van der Waals surface area contributed by atoms with Crippen molar-refractivity contribution >= 4 is 33.4 Å². The normalized spacial score (nSPS) is 15.4. The second-order valence-electron chi connectivity index (χ2n) is 6.52. The molecule has 4 rings (SSSR count). The quantitative estimate of drug-likeness (QED) is 0.792. The molecule has 24 heavy (non-hydrogen) atoms. The number of carbonyl (C=O) groups excluding carboxylic acids is 1. The molecule has 124 valence electrons. The number of hydrogen-bond donors (Lipinski definition) is 1. The SMILES string of the molecule is CCn1c2ccccc2c2cc(NC(=O)CN3CCCC3)ccc21. The van der Waals surface area contributed by atoms with E-state index in [1.165, 1.54) is 34.6 Å². The van der Waals surface area contributed by atoms with Crippen LogP contribution in [0.3, 0.4) is 0 Å². The number of amides is 1. The van der Waals surface area contributed by atoms with E-state index < -0.39 is 0 Å². The lowest BCUT2D eigenvalue weighted by atomic mass is 10.1. The van der Waals surface area contributed by atoms with Crippen molar-refractivity contribution in [3.63, 3.8) is 0 Å². The fourth-order valence-corrected chi connectivity index (χ4v) is 3.82. The zero-order valence-corrected chi connectivity index (χ0v) is 14.1. The number of para-hydroxylation sites is 1. The highest BCUT2D eigenvalue weighted by Gasteiger charge is 2.16. The molecule has 0 unspecified atom stereocenters. The summed E-state index contributed by atoms with van der Waals surface area (Å²) in [5.41, 5.74) is 3.34. The molecule has 2 aromatic carbocycles. The molecule has 1 N–H and O–H groups in total. The number of likely N-dealkylation sites (tertiary alicyclic amines) is 1. The van der Waals surface area contributed by atoms with Gasteiger partial charge in [0.05, 0.1) is 6.54 Å². The van der Waals surface area contributed by atoms with E-state index in [1.807, 2.05) is 6.07 Å². The van der Waals surface area contributed by atoms with Gasteiger partial charge in [0.2, 0.25) is 5.91 Å². The fraction of sp³-hybridized carbons (Fsp3) is 0.350. The molecule has 3 aromatic rings. The van der Waals surface area contributed by atoms with Gasteiger partial charge in [-0.15, -0.1) is 0 Å². The first-order valence-corrected chi connectivity index (χ1v) is 8.79. The third kappa shape index (κ3) is 2.67. The van der Waals surface area contributed by atoms with Gasteiger partial charge in [-0.3, -0.25) is 9.69 Å². The Morgan fingerprint density at radius 2 is 1.79 bits per heavy atom. The van der Waals surface area contributed by atoms with Gasteiger partial charge in [0.1, 0.15) is 0 Å². The van der Waals surface area contributed by atoms with Crippen LogP contribution in [0.5, 0.6) is 0 Å². The number of carbonyl (C=O) groups is 1. The average Bonchev–Trinajstić information content (AvgIpc) is 3.20. The maximum Gasteiger partial charge on any atom is 0.238 e. The Balaban J connectivity index is 1.65. The molecule has 0 saturated carbocycles. The molecule has 1 amide bonds. The molecule has 0 bridgehead atoms. The molecule has 0 spiro atoms. The van der Waals surface area contributed by atoms with Crippen LogP contribution in [0.25, 0.3) is 21.8 Å². The fourth-order valence-electron chi connectivity index (χ4n) is 3.82. The van der Waals surface area contributed by atoms with E-state index in [4.69, 9.17) is 0 Å². The minimum atomic E-state index is 0.0791. The van der Waals surface area contributed by atoms with Crippen molar-refractivity contribution in [1.29, 1.82) is 0 Å². The third-order valence-electron chi connectivity index (χ3n) is 4.94. The van der Waals surface area contributed by atoms with Gasteiger partial charge in [-0.05, 0) is 57.1 Å². The number of aromatic nitrogens is 1. The largest absolute Gasteiger partial charge is 0.341 e. The molecule has 0 radical (unpaired) electrons. The van der Waals surface area contributed by atoms with Crippen LogP contribution >= 0.6 is 0 Å². The maximum atomic E-state index is 12.3. The summed E-state index contributed by atoms with van der Waals surface area (Å²) in [7, 11) is 0. The van der Waals surface area contributed by atoms with E-state index in [2.05, 4.69) is 58.1 Å². The summed E-state index contributed by atoms with van der Waals surface area (Å²) in [6, 6.07) is 14.7. The van der Waals surface area contributed by atoms with Crippen molar-refractivity contribution < 1.29 is 4.79 Å². The molecule has 1 aromatic heterocycles. The number of nitrogens with zero attached hydrogens (tertiary/aromatic N) is 2. The van der Waals surface area contributed by atoms with E-state index in [-0.39, 0.29) is 5.91 Å². The first-order valence-electron chi connectivity index (χ1n) is 8.79. The highest BCUT2D eigenvalue weighted by atomic mass is 16.2. The van der Waals surface area contributed by atoms with E-state index in [1.54, 1.807) is 0 Å². The van der Waals surface area contributed by atoms with E-state index in [0.717, 1.165) is 25.3 Å². The maximum absolute atomic E-state index is 12.3. The number of hydrogen-bond acceptors (Lipinski definition) is 2. The number of anilines is 1. The minimum Gasteiger partial charge on any atom is -0.341 e. The van der Waals surface area contributed by atoms with Crippen LogP contribution in [-0.4, -0.2) is 35.0 Å². The first kappa shape index (κ1) is 15.2. The Labute approximate surface area is 142 Å². The molecule has 1 saturated heterocycles. The number of fused-ring (bicyclic) bond motifs is 3. The van der Waals surface area contributed by atoms with E-state index in [9.17, 15) is 4.79 Å². The third-order valence-corrected chi connectivity index (χ3v) is 4.94. The van der Waals surface area contributed by atoms with Gasteiger partial charge in [-0.2, -0.15) is 0 Å². The van der Waals surface area contributed by atoms with E-state index >= 15 is 0 Å². The number of nitrogens with one attached hydrogen (secondary N) is 1. The molecule has 0 atom stereocenters. The molecule has 1 aliphatic rings. The highest BCUT2D eigenvalue weighted by Crippen LogP contribution is 2.30. The van der Waals surface area contributed by atoms with Gasteiger partial charge in [0, 0.05) is 34.0 Å². The van der Waals surface area contributed by atoms with Crippen LogP contribution in [0, 0.1) is 0 Å². The predicted molar refractivity (Wildman–Crippen MR) is 99.4 cm³/mol. The van der Waals surface area contributed by atoms with Crippen molar-refractivity contribution in [2.24, 2.45) is 0 Å². The van der Waals surface area contributed by atoms with Crippen LogP contribution < -0.4 is 5.32 Å².